The molecule has 0 spiro atoms. The number of rotatable bonds is 3. The highest BCUT2D eigenvalue weighted by Gasteiger charge is 2.40. The van der Waals surface area contributed by atoms with E-state index in [0.29, 0.717) is 24.1 Å². The molecule has 0 radical (unpaired) electrons. The van der Waals surface area contributed by atoms with Gasteiger partial charge in [-0.15, -0.1) is 0 Å². The number of carbonyl (C=O) groups excluding carboxylic acids is 1. The highest BCUT2D eigenvalue weighted by molar-refractivity contribution is 5.98. The predicted octanol–water partition coefficient (Wildman–Crippen LogP) is 1.69. The Morgan fingerprint density at radius 3 is 2.45 bits per heavy atom. The van der Waals surface area contributed by atoms with E-state index < -0.39 is 17.4 Å². The highest BCUT2D eigenvalue weighted by Crippen LogP contribution is 2.28. The maximum atomic E-state index is 12.3. The second-order valence-corrected chi connectivity index (χ2v) is 5.28. The molecule has 0 aromatic carbocycles. The fourth-order valence-corrected chi connectivity index (χ4v) is 2.62. The van der Waals surface area contributed by atoms with E-state index in [0.717, 1.165) is 25.7 Å². The maximum Gasteiger partial charge on any atom is 0.329 e. The van der Waals surface area contributed by atoms with Gasteiger partial charge < -0.3 is 10.4 Å². The molecule has 1 fully saturated rings. The molecule has 1 aliphatic rings. The monoisotopic (exact) mass is 277 g/mol. The molecule has 6 nitrogen and oxygen atoms in total. The Kier molecular flexibility index (Phi) is 4.32. The van der Waals surface area contributed by atoms with Gasteiger partial charge in [0.25, 0.3) is 5.91 Å². The van der Waals surface area contributed by atoms with Crippen LogP contribution in [-0.2, 0) is 4.79 Å². The zero-order valence-electron chi connectivity index (χ0n) is 11.6. The molecule has 2 N–H and O–H groups in total. The van der Waals surface area contributed by atoms with Crippen LogP contribution in [0, 0.1) is 6.92 Å². The summed E-state index contributed by atoms with van der Waals surface area (Å²) in [5.41, 5.74) is -0.278. The number of amides is 1. The molecule has 1 saturated carbocycles. The number of carboxylic acids is 1. The molecule has 0 bridgehead atoms. The van der Waals surface area contributed by atoms with E-state index in [2.05, 4.69) is 15.3 Å². The zero-order chi connectivity index (χ0) is 14.6. The summed E-state index contributed by atoms with van der Waals surface area (Å²) in [6.45, 7) is 1.71. The van der Waals surface area contributed by atoms with E-state index in [9.17, 15) is 14.7 Å². The minimum absolute atomic E-state index is 0.331. The van der Waals surface area contributed by atoms with Gasteiger partial charge in [0.2, 0.25) is 0 Å². The molecule has 0 saturated heterocycles. The minimum atomic E-state index is -1.16. The third kappa shape index (κ3) is 2.95. The van der Waals surface area contributed by atoms with Crippen LogP contribution in [0.1, 0.15) is 54.6 Å². The average Bonchev–Trinajstić information content (AvgIpc) is 2.65. The molecule has 6 heteroatoms. The first-order valence-electron chi connectivity index (χ1n) is 6.88. The molecule has 0 atom stereocenters. The van der Waals surface area contributed by atoms with Crippen LogP contribution >= 0.6 is 0 Å². The van der Waals surface area contributed by atoms with Gasteiger partial charge >= 0.3 is 5.97 Å². The minimum Gasteiger partial charge on any atom is -0.480 e. The first-order valence-corrected chi connectivity index (χ1v) is 6.88. The van der Waals surface area contributed by atoms with Crippen molar-refractivity contribution in [1.29, 1.82) is 0 Å². The first kappa shape index (κ1) is 14.4. The van der Waals surface area contributed by atoms with Crippen molar-refractivity contribution in [3.63, 3.8) is 0 Å². The van der Waals surface area contributed by atoms with Gasteiger partial charge in [-0.25, -0.2) is 14.8 Å². The number of aliphatic carboxylic acids is 1. The number of aryl methyl sites for hydroxylation is 1. The number of nitrogens with zero attached hydrogens (tertiary/aromatic N) is 2. The van der Waals surface area contributed by atoms with Gasteiger partial charge in [0.1, 0.15) is 11.9 Å². The van der Waals surface area contributed by atoms with E-state index >= 15 is 0 Å². The average molecular weight is 277 g/mol. The predicted molar refractivity (Wildman–Crippen MR) is 72.3 cm³/mol. The lowest BCUT2D eigenvalue weighted by molar-refractivity contribution is -0.145. The fourth-order valence-electron chi connectivity index (χ4n) is 2.62. The molecule has 1 aliphatic carbocycles. The summed E-state index contributed by atoms with van der Waals surface area (Å²) in [6, 6.07) is 0. The highest BCUT2D eigenvalue weighted by atomic mass is 16.4. The maximum absolute atomic E-state index is 12.3. The van der Waals surface area contributed by atoms with Crippen LogP contribution in [0.2, 0.25) is 0 Å². The van der Waals surface area contributed by atoms with Crippen LogP contribution in [0.5, 0.6) is 0 Å². The number of aromatic nitrogens is 2. The normalized spacial score (nSPS) is 18.1. The van der Waals surface area contributed by atoms with Crippen LogP contribution in [0.25, 0.3) is 0 Å². The molecule has 108 valence electrons. The van der Waals surface area contributed by atoms with Gasteiger partial charge in [0.05, 0.1) is 11.3 Å². The third-order valence-corrected chi connectivity index (χ3v) is 3.88. The van der Waals surface area contributed by atoms with E-state index in [1.807, 2.05) is 0 Å². The van der Waals surface area contributed by atoms with E-state index in [1.54, 1.807) is 6.92 Å². The largest absolute Gasteiger partial charge is 0.480 e. The summed E-state index contributed by atoms with van der Waals surface area (Å²) >= 11 is 0. The molecular formula is C14H19N3O3. The molecule has 20 heavy (non-hydrogen) atoms. The lowest BCUT2D eigenvalue weighted by Crippen LogP contribution is -2.54. The van der Waals surface area contributed by atoms with Gasteiger partial charge in [-0.1, -0.05) is 25.7 Å². The van der Waals surface area contributed by atoms with E-state index in [-0.39, 0.29) is 0 Å². The third-order valence-electron chi connectivity index (χ3n) is 3.88. The Morgan fingerprint density at radius 1 is 1.25 bits per heavy atom. The van der Waals surface area contributed by atoms with Crippen LogP contribution in [0.4, 0.5) is 0 Å². The lowest BCUT2D eigenvalue weighted by atomic mass is 9.90. The first-order chi connectivity index (χ1) is 9.55. The van der Waals surface area contributed by atoms with Crippen molar-refractivity contribution in [2.24, 2.45) is 0 Å². The van der Waals surface area contributed by atoms with Crippen LogP contribution in [0.3, 0.4) is 0 Å². The van der Waals surface area contributed by atoms with Crippen molar-refractivity contribution in [3.05, 3.63) is 23.8 Å². The Hall–Kier alpha value is -1.98. The van der Waals surface area contributed by atoms with Crippen molar-refractivity contribution < 1.29 is 14.7 Å². The number of hydrogen-bond donors (Lipinski definition) is 2. The van der Waals surface area contributed by atoms with Crippen LogP contribution < -0.4 is 5.32 Å². The second-order valence-electron chi connectivity index (χ2n) is 5.28. The molecule has 0 unspecified atom stereocenters. The van der Waals surface area contributed by atoms with Crippen LogP contribution in [-0.4, -0.2) is 32.5 Å². The summed E-state index contributed by atoms with van der Waals surface area (Å²) < 4.78 is 0. The number of nitrogens with one attached hydrogen (secondary N) is 1. The van der Waals surface area contributed by atoms with Crippen LogP contribution in [0.15, 0.2) is 12.5 Å². The van der Waals surface area contributed by atoms with Crippen molar-refractivity contribution in [3.8, 4) is 0 Å². The van der Waals surface area contributed by atoms with Gasteiger partial charge in [-0.05, 0) is 19.8 Å². The Balaban J connectivity index is 2.22. The lowest BCUT2D eigenvalue weighted by Gasteiger charge is -2.29. The fraction of sp³-hybridized carbons (Fsp3) is 0.571. The molecule has 1 aromatic heterocycles. The molecule has 1 amide bonds. The molecular weight excluding hydrogens is 258 g/mol. The smallest absolute Gasteiger partial charge is 0.329 e. The molecule has 2 rings (SSSR count). The Morgan fingerprint density at radius 2 is 1.90 bits per heavy atom. The standard InChI is InChI=1S/C14H19N3O3/c1-10-11(8-15-9-16-10)12(18)17-14(13(19)20)6-4-2-3-5-7-14/h8-9H,2-7H2,1H3,(H,17,18)(H,19,20). The van der Waals surface area contributed by atoms with Gasteiger partial charge in [-0.3, -0.25) is 4.79 Å². The van der Waals surface area contributed by atoms with Crippen molar-refractivity contribution in [2.45, 2.75) is 51.0 Å². The van der Waals surface area contributed by atoms with Crippen molar-refractivity contribution in [1.82, 2.24) is 15.3 Å². The molecule has 0 aliphatic heterocycles. The quantitative estimate of drug-likeness (QED) is 0.820. The van der Waals surface area contributed by atoms with E-state index in [1.165, 1.54) is 12.5 Å². The summed E-state index contributed by atoms with van der Waals surface area (Å²) in [5.74, 6) is -1.37. The molecule has 1 aromatic rings. The van der Waals surface area contributed by atoms with Gasteiger partial charge in [-0.2, -0.15) is 0 Å². The Bertz CT molecular complexity index is 508. The van der Waals surface area contributed by atoms with Crippen molar-refractivity contribution >= 4 is 11.9 Å². The second kappa shape index (κ2) is 5.98. The van der Waals surface area contributed by atoms with E-state index in [4.69, 9.17) is 0 Å². The number of carboxylic acid groups (broad SMARTS) is 1. The SMILES string of the molecule is Cc1ncncc1C(=O)NC1(C(=O)O)CCCCCC1. The number of hydrogen-bond acceptors (Lipinski definition) is 4. The van der Waals surface area contributed by atoms with Gasteiger partial charge in [0, 0.05) is 6.20 Å². The van der Waals surface area contributed by atoms with Gasteiger partial charge in [0.15, 0.2) is 0 Å². The topological polar surface area (TPSA) is 92.2 Å². The number of carbonyl (C=O) groups is 2. The summed E-state index contributed by atoms with van der Waals surface area (Å²) in [7, 11) is 0. The Labute approximate surface area is 117 Å². The molecule has 1 heterocycles. The summed E-state index contributed by atoms with van der Waals surface area (Å²) in [4.78, 5) is 31.7. The zero-order valence-corrected chi connectivity index (χ0v) is 11.6. The van der Waals surface area contributed by atoms with Crippen molar-refractivity contribution in [2.75, 3.05) is 0 Å². The summed E-state index contributed by atoms with van der Waals surface area (Å²) in [5, 5.41) is 12.2. The summed E-state index contributed by atoms with van der Waals surface area (Å²) in [6.07, 6.45) is 7.39.